The molecule has 0 aromatic heterocycles. The molecule has 0 radical (unpaired) electrons. The lowest BCUT2D eigenvalue weighted by atomic mass is 9.75. The first-order chi connectivity index (χ1) is 10.5. The number of rotatable bonds is 5. The summed E-state index contributed by atoms with van der Waals surface area (Å²) in [6, 6.07) is 9.46. The molecular weight excluding hydrogens is 274 g/mol. The summed E-state index contributed by atoms with van der Waals surface area (Å²) < 4.78 is 5.81. The van der Waals surface area contributed by atoms with Crippen molar-refractivity contribution in [1.29, 1.82) is 0 Å². The number of hydrogen-bond acceptors (Lipinski definition) is 3. The van der Waals surface area contributed by atoms with Gasteiger partial charge in [0.2, 0.25) is 0 Å². The van der Waals surface area contributed by atoms with Gasteiger partial charge in [-0.2, -0.15) is 0 Å². The lowest BCUT2D eigenvalue weighted by molar-refractivity contribution is -0.156. The van der Waals surface area contributed by atoms with Crippen LogP contribution >= 0.6 is 0 Å². The predicted molar refractivity (Wildman–Crippen MR) is 89.2 cm³/mol. The van der Waals surface area contributed by atoms with Gasteiger partial charge in [0.1, 0.15) is 6.10 Å². The van der Waals surface area contributed by atoms with Crippen LogP contribution in [0.3, 0.4) is 0 Å². The van der Waals surface area contributed by atoms with Gasteiger partial charge in [0.25, 0.3) is 0 Å². The molecule has 0 aliphatic heterocycles. The Morgan fingerprint density at radius 1 is 1.27 bits per heavy atom. The summed E-state index contributed by atoms with van der Waals surface area (Å²) in [5.74, 6) is 1.50. The van der Waals surface area contributed by atoms with Crippen molar-refractivity contribution in [3.05, 3.63) is 35.9 Å². The molecule has 0 amide bonds. The Morgan fingerprint density at radius 3 is 2.59 bits per heavy atom. The van der Waals surface area contributed by atoms with Crippen LogP contribution in [-0.4, -0.2) is 12.1 Å². The zero-order valence-electron chi connectivity index (χ0n) is 14.0. The zero-order chi connectivity index (χ0) is 16.1. The molecule has 0 bridgehead atoms. The number of benzene rings is 1. The van der Waals surface area contributed by atoms with Crippen LogP contribution in [0.25, 0.3) is 0 Å². The van der Waals surface area contributed by atoms with Crippen molar-refractivity contribution in [2.24, 2.45) is 23.5 Å². The van der Waals surface area contributed by atoms with Crippen molar-refractivity contribution in [3.63, 3.8) is 0 Å². The number of ether oxygens (including phenoxy) is 1. The van der Waals surface area contributed by atoms with Crippen LogP contribution in [0.1, 0.15) is 58.1 Å². The summed E-state index contributed by atoms with van der Waals surface area (Å²) in [6.45, 7) is 6.68. The van der Waals surface area contributed by atoms with Crippen LogP contribution < -0.4 is 5.73 Å². The van der Waals surface area contributed by atoms with Gasteiger partial charge in [-0.15, -0.1) is 0 Å². The molecule has 0 spiro atoms. The van der Waals surface area contributed by atoms with Crippen LogP contribution in [0.5, 0.6) is 0 Å². The van der Waals surface area contributed by atoms with E-state index in [4.69, 9.17) is 10.5 Å². The molecule has 22 heavy (non-hydrogen) atoms. The highest BCUT2D eigenvalue weighted by atomic mass is 16.5. The summed E-state index contributed by atoms with van der Waals surface area (Å²) >= 11 is 0. The van der Waals surface area contributed by atoms with Crippen LogP contribution in [0.2, 0.25) is 0 Å². The van der Waals surface area contributed by atoms with Gasteiger partial charge in [-0.05, 0) is 36.2 Å². The fourth-order valence-electron chi connectivity index (χ4n) is 3.46. The monoisotopic (exact) mass is 303 g/mol. The SMILES string of the molecule is CC(C)[C@@H]1CC[C@@H](C)C[C@H]1OC(=O)C[C@@H](N)c1ccccc1. The zero-order valence-corrected chi connectivity index (χ0v) is 14.0. The predicted octanol–water partition coefficient (Wildman–Crippen LogP) is 4.08. The number of carbonyl (C=O) groups is 1. The highest BCUT2D eigenvalue weighted by molar-refractivity contribution is 5.70. The molecule has 0 unspecified atom stereocenters. The summed E-state index contributed by atoms with van der Waals surface area (Å²) in [4.78, 5) is 12.3. The quantitative estimate of drug-likeness (QED) is 0.834. The third kappa shape index (κ3) is 4.57. The van der Waals surface area contributed by atoms with Crippen molar-refractivity contribution in [2.45, 2.75) is 58.6 Å². The Hall–Kier alpha value is -1.35. The molecule has 1 fully saturated rings. The van der Waals surface area contributed by atoms with E-state index in [1.165, 1.54) is 6.42 Å². The molecule has 1 aromatic carbocycles. The standard InChI is InChI=1S/C19H29NO2/c1-13(2)16-10-9-14(3)11-18(16)22-19(21)12-17(20)15-7-5-4-6-8-15/h4-8,13-14,16-18H,9-12,20H2,1-3H3/t14-,16+,17-,18-/m1/s1. The van der Waals surface area contributed by atoms with Gasteiger partial charge < -0.3 is 10.5 Å². The van der Waals surface area contributed by atoms with E-state index < -0.39 is 0 Å². The average molecular weight is 303 g/mol. The first-order valence-electron chi connectivity index (χ1n) is 8.47. The van der Waals surface area contributed by atoms with Crippen molar-refractivity contribution in [3.8, 4) is 0 Å². The second-order valence-corrected chi connectivity index (χ2v) is 7.08. The van der Waals surface area contributed by atoms with E-state index >= 15 is 0 Å². The van der Waals surface area contributed by atoms with E-state index in [9.17, 15) is 4.79 Å². The fourth-order valence-corrected chi connectivity index (χ4v) is 3.46. The normalized spacial score (nSPS) is 26.7. The maximum atomic E-state index is 12.3. The summed E-state index contributed by atoms with van der Waals surface area (Å²) in [5, 5.41) is 0. The van der Waals surface area contributed by atoms with E-state index in [0.29, 0.717) is 17.8 Å². The van der Waals surface area contributed by atoms with E-state index in [1.807, 2.05) is 30.3 Å². The average Bonchev–Trinajstić information content (AvgIpc) is 2.47. The summed E-state index contributed by atoms with van der Waals surface area (Å²) in [6.07, 6.45) is 3.68. The smallest absolute Gasteiger partial charge is 0.307 e. The molecule has 1 saturated carbocycles. The van der Waals surface area contributed by atoms with Gasteiger partial charge in [0.05, 0.1) is 6.42 Å². The van der Waals surface area contributed by atoms with Gasteiger partial charge in [0, 0.05) is 6.04 Å². The lowest BCUT2D eigenvalue weighted by Crippen LogP contribution is -2.36. The largest absolute Gasteiger partial charge is 0.462 e. The number of hydrogen-bond donors (Lipinski definition) is 1. The minimum absolute atomic E-state index is 0.0548. The van der Waals surface area contributed by atoms with Crippen LogP contribution in [-0.2, 0) is 9.53 Å². The number of esters is 1. The van der Waals surface area contributed by atoms with Crippen molar-refractivity contribution < 1.29 is 9.53 Å². The highest BCUT2D eigenvalue weighted by Gasteiger charge is 2.33. The van der Waals surface area contributed by atoms with Gasteiger partial charge in [-0.25, -0.2) is 0 Å². The van der Waals surface area contributed by atoms with Crippen molar-refractivity contribution in [1.82, 2.24) is 0 Å². The fraction of sp³-hybridized carbons (Fsp3) is 0.632. The van der Waals surface area contributed by atoms with Crippen LogP contribution in [0.15, 0.2) is 30.3 Å². The third-order valence-corrected chi connectivity index (χ3v) is 4.86. The molecule has 1 aliphatic rings. The van der Waals surface area contributed by atoms with Gasteiger partial charge >= 0.3 is 5.97 Å². The van der Waals surface area contributed by atoms with Crippen LogP contribution in [0, 0.1) is 17.8 Å². The van der Waals surface area contributed by atoms with E-state index in [0.717, 1.165) is 18.4 Å². The van der Waals surface area contributed by atoms with Crippen LogP contribution in [0.4, 0.5) is 0 Å². The minimum Gasteiger partial charge on any atom is -0.462 e. The second-order valence-electron chi connectivity index (χ2n) is 7.08. The molecule has 0 saturated heterocycles. The molecule has 1 aromatic rings. The Morgan fingerprint density at radius 2 is 1.95 bits per heavy atom. The molecule has 3 heteroatoms. The van der Waals surface area contributed by atoms with Gasteiger partial charge in [-0.1, -0.05) is 57.5 Å². The Labute approximate surface area is 134 Å². The molecule has 0 heterocycles. The summed E-state index contributed by atoms with van der Waals surface area (Å²) in [5.41, 5.74) is 7.11. The first-order valence-corrected chi connectivity index (χ1v) is 8.47. The Bertz CT molecular complexity index is 472. The van der Waals surface area contributed by atoms with Gasteiger partial charge in [-0.3, -0.25) is 4.79 Å². The van der Waals surface area contributed by atoms with E-state index in [1.54, 1.807) is 0 Å². The molecule has 3 nitrogen and oxygen atoms in total. The van der Waals surface area contributed by atoms with Gasteiger partial charge in [0.15, 0.2) is 0 Å². The molecule has 122 valence electrons. The van der Waals surface area contributed by atoms with E-state index in [2.05, 4.69) is 20.8 Å². The molecule has 1 aliphatic carbocycles. The highest BCUT2D eigenvalue weighted by Crippen LogP contribution is 2.35. The number of carbonyl (C=O) groups excluding carboxylic acids is 1. The minimum atomic E-state index is -0.285. The molecule has 2 N–H and O–H groups in total. The molecular formula is C19H29NO2. The topological polar surface area (TPSA) is 52.3 Å². The first kappa shape index (κ1) is 17.0. The Kier molecular flexibility index (Phi) is 6.01. The summed E-state index contributed by atoms with van der Waals surface area (Å²) in [7, 11) is 0. The second kappa shape index (κ2) is 7.77. The molecule has 4 atom stereocenters. The maximum Gasteiger partial charge on any atom is 0.307 e. The van der Waals surface area contributed by atoms with E-state index in [-0.39, 0.29) is 24.5 Å². The van der Waals surface area contributed by atoms with Crippen molar-refractivity contribution >= 4 is 5.97 Å². The number of nitrogens with two attached hydrogens (primary N) is 1. The lowest BCUT2D eigenvalue weighted by Gasteiger charge is -2.36. The third-order valence-electron chi connectivity index (χ3n) is 4.86. The molecule has 2 rings (SSSR count). The maximum absolute atomic E-state index is 12.3. The van der Waals surface area contributed by atoms with Crippen molar-refractivity contribution in [2.75, 3.05) is 0 Å². The Balaban J connectivity index is 1.92.